The van der Waals surface area contributed by atoms with Gasteiger partial charge in [0.05, 0.1) is 0 Å². The first-order valence-electron chi connectivity index (χ1n) is 0.832. The second-order valence-corrected chi connectivity index (χ2v) is 1.63. The Bertz CT molecular complexity index is 130. The first kappa shape index (κ1) is 15.8. The predicted molar refractivity (Wildman–Crippen MR) is 18.1 cm³/mol. The van der Waals surface area contributed by atoms with Crippen LogP contribution in [0.3, 0.4) is 0 Å². The molecule has 0 aliphatic rings. The molecule has 8 heteroatoms. The minimum absolute atomic E-state index is 0. The van der Waals surface area contributed by atoms with Gasteiger partial charge in [-0.1, -0.05) is 0 Å². The molecule has 0 fully saturated rings. The third kappa shape index (κ3) is 636. The van der Waals surface area contributed by atoms with E-state index in [0.29, 0.717) is 0 Å². The molecule has 50 valence electrons. The fraction of sp³-hybridized carbons (Fsp3) is 0. The number of rotatable bonds is 0. The summed E-state index contributed by atoms with van der Waals surface area (Å²) in [7, 11) is 0. The first-order valence-corrected chi connectivity index (χ1v) is 2.81. The Morgan fingerprint density at radius 2 is 1.00 bits per heavy atom. The van der Waals surface area contributed by atoms with Gasteiger partial charge < -0.3 is 0 Å². The Balaban J connectivity index is -0.0000000750. The molecular formula is H5MgMnO6. The van der Waals surface area contributed by atoms with Gasteiger partial charge in [0.1, 0.15) is 0 Å². The summed E-state index contributed by atoms with van der Waals surface area (Å²) in [6.07, 6.45) is 0. The second kappa shape index (κ2) is 7.57. The van der Waals surface area contributed by atoms with Gasteiger partial charge in [0.15, 0.2) is 0 Å². The predicted octanol–water partition coefficient (Wildman–Crippen LogP) is -1.81. The molecule has 0 aromatic heterocycles. The molecule has 0 spiro atoms. The van der Waals surface area contributed by atoms with Crippen molar-refractivity contribution in [2.75, 3.05) is 0 Å². The van der Waals surface area contributed by atoms with Crippen molar-refractivity contribution in [3.8, 4) is 0 Å². The van der Waals surface area contributed by atoms with Crippen molar-refractivity contribution < 1.29 is 39.2 Å². The quantitative estimate of drug-likeness (QED) is 0.230. The van der Waals surface area contributed by atoms with Crippen LogP contribution in [-0.4, -0.2) is 37.8 Å². The van der Waals surface area contributed by atoms with E-state index >= 15 is 0 Å². The fourth-order valence-electron chi connectivity index (χ4n) is 0. The van der Waals surface area contributed by atoms with E-state index in [0.717, 1.165) is 0 Å². The molecule has 0 saturated heterocycles. The monoisotopic (exact) mass is 180 g/mol. The number of hydrogen-bond donors (Lipinski definition) is 3. The van der Waals surface area contributed by atoms with Crippen molar-refractivity contribution >= 4 is 23.1 Å². The Morgan fingerprint density at radius 3 is 1.00 bits per heavy atom. The summed E-state index contributed by atoms with van der Waals surface area (Å²) >= 11 is -5.38. The topological polar surface area (TPSA) is 112 Å². The van der Waals surface area contributed by atoms with Crippen molar-refractivity contribution in [3.63, 3.8) is 0 Å². The Kier molecular flexibility index (Phi) is 15.0. The Hall–Kier alpha value is 0.566. The minimum atomic E-state index is -5.38. The molecule has 0 aromatic carbocycles. The molecule has 3 N–H and O–H groups in total. The first-order chi connectivity index (χ1) is 3.00. The van der Waals surface area contributed by atoms with E-state index in [1.54, 1.807) is 0 Å². The van der Waals surface area contributed by atoms with Crippen LogP contribution in [0.4, 0.5) is 0 Å². The van der Waals surface area contributed by atoms with E-state index in [4.69, 9.17) is 26.2 Å². The summed E-state index contributed by atoms with van der Waals surface area (Å²) in [5.74, 6) is 0. The van der Waals surface area contributed by atoms with E-state index < -0.39 is 13.0 Å². The van der Waals surface area contributed by atoms with Crippen molar-refractivity contribution in [3.05, 3.63) is 0 Å². The van der Waals surface area contributed by atoms with Gasteiger partial charge in [-0.05, 0) is 0 Å². The summed E-state index contributed by atoms with van der Waals surface area (Å²) in [6.45, 7) is 0. The summed E-state index contributed by atoms with van der Waals surface area (Å²) in [5.41, 5.74) is 0. The van der Waals surface area contributed by atoms with Crippen LogP contribution in [0.25, 0.3) is 0 Å². The van der Waals surface area contributed by atoms with Crippen LogP contribution in [0.15, 0.2) is 0 Å². The molecule has 6 nitrogen and oxygen atoms in total. The van der Waals surface area contributed by atoms with Crippen LogP contribution in [0.1, 0.15) is 0 Å². The van der Waals surface area contributed by atoms with Crippen molar-refractivity contribution in [1.82, 2.24) is 0 Å². The van der Waals surface area contributed by atoms with Crippen LogP contribution >= 0.6 is 0 Å². The van der Waals surface area contributed by atoms with Crippen LogP contribution in [0, 0.1) is 0 Å². The van der Waals surface area contributed by atoms with Gasteiger partial charge in [-0.25, -0.2) is 0 Å². The molecule has 0 amide bonds. The van der Waals surface area contributed by atoms with Gasteiger partial charge in [-0.15, -0.1) is 0 Å². The molecule has 0 atom stereocenters. The van der Waals surface area contributed by atoms with Gasteiger partial charge in [0, 0.05) is 0 Å². The molecule has 0 aliphatic heterocycles. The SMILES string of the molecule is OO.[MgH2].[O]=[Mn](=[O])(=[O])[OH]. The van der Waals surface area contributed by atoms with Gasteiger partial charge >= 0.3 is 51.7 Å². The van der Waals surface area contributed by atoms with Crippen molar-refractivity contribution in [2.24, 2.45) is 0 Å². The van der Waals surface area contributed by atoms with Crippen molar-refractivity contribution in [2.45, 2.75) is 0 Å². The molecule has 0 bridgehead atoms. The molecule has 0 aliphatic carbocycles. The summed E-state index contributed by atoms with van der Waals surface area (Å²) in [4.78, 5) is 0. The third-order valence-corrected chi connectivity index (χ3v) is 0. The van der Waals surface area contributed by atoms with Crippen molar-refractivity contribution in [1.29, 1.82) is 0 Å². The molecule has 0 heterocycles. The van der Waals surface area contributed by atoms with E-state index in [-0.39, 0.29) is 23.1 Å². The second-order valence-electron chi connectivity index (χ2n) is 0.396. The normalized spacial score (nSPS) is 7.88. The number of hydrogen-bond acceptors (Lipinski definition) is 5. The van der Waals surface area contributed by atoms with Gasteiger partial charge in [-0.2, -0.15) is 0 Å². The van der Waals surface area contributed by atoms with Crippen LogP contribution < -0.4 is 0 Å². The molecule has 0 radical (unpaired) electrons. The van der Waals surface area contributed by atoms with E-state index in [9.17, 15) is 0 Å². The van der Waals surface area contributed by atoms with Crippen LogP contribution in [0.2, 0.25) is 0 Å². The molecule has 0 saturated carbocycles. The molecule has 0 aromatic rings. The standard InChI is InChI=1S/Mg.Mn.H2O2.H2O.3O.2H/c;;1-2;;;;;;/h;;1-2H;1H2;;;;;/q;+1;;;;;;;/p-1. The summed E-state index contributed by atoms with van der Waals surface area (Å²) in [5, 5.41) is 12.0. The molecule has 0 unspecified atom stereocenters. The zero-order chi connectivity index (χ0) is 6.50. The Morgan fingerprint density at radius 1 is 1.00 bits per heavy atom. The van der Waals surface area contributed by atoms with E-state index in [2.05, 4.69) is 0 Å². The zero-order valence-electron chi connectivity index (χ0n) is 2.94. The maximum atomic E-state index is 8.69. The average Bonchev–Trinajstić information content (AvgIpc) is 1.36. The maximum absolute atomic E-state index is 8.69. The van der Waals surface area contributed by atoms with Gasteiger partial charge in [0.2, 0.25) is 0 Å². The fourth-order valence-corrected chi connectivity index (χ4v) is 0. The zero-order valence-corrected chi connectivity index (χ0v) is 4.12. The van der Waals surface area contributed by atoms with E-state index in [1.165, 1.54) is 0 Å². The van der Waals surface area contributed by atoms with E-state index in [1.807, 2.05) is 0 Å². The summed E-state index contributed by atoms with van der Waals surface area (Å²) in [6, 6.07) is 0. The van der Waals surface area contributed by atoms with Crippen LogP contribution in [0.5, 0.6) is 0 Å². The molecule has 8 heavy (non-hydrogen) atoms. The molecule has 0 rings (SSSR count). The summed E-state index contributed by atoms with van der Waals surface area (Å²) < 4.78 is 33.1. The molecular weight excluding hydrogens is 175 g/mol. The van der Waals surface area contributed by atoms with Gasteiger partial charge in [0.25, 0.3) is 0 Å². The third-order valence-electron chi connectivity index (χ3n) is 0. The Labute approximate surface area is 62.4 Å². The van der Waals surface area contributed by atoms with Crippen LogP contribution in [-0.2, 0) is 24.5 Å². The van der Waals surface area contributed by atoms with Gasteiger partial charge in [-0.3, -0.25) is 10.5 Å². The average molecular weight is 180 g/mol.